The van der Waals surface area contributed by atoms with E-state index in [1.165, 1.54) is 23.5 Å². The van der Waals surface area contributed by atoms with E-state index in [4.69, 9.17) is 9.84 Å². The van der Waals surface area contributed by atoms with E-state index in [1.807, 2.05) is 0 Å². The van der Waals surface area contributed by atoms with Crippen molar-refractivity contribution in [3.8, 4) is 5.75 Å². The average Bonchev–Trinajstić information content (AvgIpc) is 3.40. The summed E-state index contributed by atoms with van der Waals surface area (Å²) >= 11 is 0. The molecule has 1 N–H and O–H groups in total. The molecule has 3 rings (SSSR count). The minimum absolute atomic E-state index is 0.0567. The lowest BCUT2D eigenvalue weighted by molar-refractivity contribution is 0.0696. The molecule has 1 aromatic carbocycles. The lowest BCUT2D eigenvalue weighted by atomic mass is 9.81. The Morgan fingerprint density at radius 2 is 1.82 bits per heavy atom. The zero-order chi connectivity index (χ0) is 20.7. The van der Waals surface area contributed by atoms with E-state index < -0.39 is 5.97 Å². The topological polar surface area (TPSA) is 72.3 Å². The number of benzene rings is 1. The molecular formula is C23H30N2O3. The lowest BCUT2D eigenvalue weighted by Gasteiger charge is -2.27. The molecule has 1 heterocycles. The summed E-state index contributed by atoms with van der Waals surface area (Å²) in [5, 5.41) is 9.11. The maximum absolute atomic E-state index is 11.1. The first kappa shape index (κ1) is 20.3. The number of hydrogen-bond donors (Lipinski definition) is 1. The predicted molar refractivity (Wildman–Crippen MR) is 109 cm³/mol. The van der Waals surface area contributed by atoms with Crippen molar-refractivity contribution in [2.24, 2.45) is 5.92 Å². The van der Waals surface area contributed by atoms with E-state index in [9.17, 15) is 4.79 Å². The molecule has 1 aliphatic rings. The summed E-state index contributed by atoms with van der Waals surface area (Å²) in [7, 11) is 0. The van der Waals surface area contributed by atoms with Gasteiger partial charge in [-0.1, -0.05) is 40.7 Å². The molecular weight excluding hydrogens is 352 g/mol. The van der Waals surface area contributed by atoms with Crippen LogP contribution in [0.5, 0.6) is 5.75 Å². The normalized spacial score (nSPS) is 15.5. The Morgan fingerprint density at radius 3 is 2.29 bits per heavy atom. The highest BCUT2D eigenvalue weighted by Gasteiger charge is 2.50. The van der Waals surface area contributed by atoms with Gasteiger partial charge in [-0.3, -0.25) is 0 Å². The minimum atomic E-state index is -1.01. The third kappa shape index (κ3) is 3.89. The van der Waals surface area contributed by atoms with Crippen LogP contribution in [0.3, 0.4) is 0 Å². The first-order chi connectivity index (χ1) is 13.0. The van der Waals surface area contributed by atoms with Gasteiger partial charge in [0, 0.05) is 12.4 Å². The maximum Gasteiger partial charge on any atom is 0.338 e. The monoisotopic (exact) mass is 382 g/mol. The molecule has 1 aliphatic carbocycles. The number of hydrogen-bond acceptors (Lipinski definition) is 4. The Bertz CT molecular complexity index is 876. The summed E-state index contributed by atoms with van der Waals surface area (Å²) in [4.78, 5) is 19.9. The van der Waals surface area contributed by atoms with Crippen LogP contribution in [0.15, 0.2) is 24.5 Å². The number of rotatable bonds is 6. The van der Waals surface area contributed by atoms with Crippen LogP contribution in [0.2, 0.25) is 0 Å². The molecule has 0 radical (unpaired) electrons. The van der Waals surface area contributed by atoms with E-state index in [0.717, 1.165) is 24.2 Å². The van der Waals surface area contributed by atoms with Crippen molar-refractivity contribution in [3.05, 3.63) is 52.6 Å². The first-order valence-electron chi connectivity index (χ1n) is 9.89. The van der Waals surface area contributed by atoms with Crippen molar-refractivity contribution in [1.29, 1.82) is 0 Å². The van der Waals surface area contributed by atoms with Crippen LogP contribution in [0.25, 0.3) is 0 Å². The second kappa shape index (κ2) is 7.19. The van der Waals surface area contributed by atoms with E-state index in [2.05, 4.69) is 63.6 Å². The molecule has 0 unspecified atom stereocenters. The number of carboxylic acids is 1. The lowest BCUT2D eigenvalue weighted by Crippen LogP contribution is -2.20. The van der Waals surface area contributed by atoms with Crippen LogP contribution in [-0.2, 0) is 10.8 Å². The van der Waals surface area contributed by atoms with Crippen LogP contribution in [0, 0.1) is 12.8 Å². The van der Waals surface area contributed by atoms with E-state index >= 15 is 0 Å². The van der Waals surface area contributed by atoms with Crippen molar-refractivity contribution in [2.45, 2.75) is 65.2 Å². The SMILES string of the molecule is Cc1cc(OCC(C)C)c(C(C)(C)C)cc1C1(c2ncc(C(=O)O)cn2)CC1. The molecule has 0 aliphatic heterocycles. The van der Waals surface area contributed by atoms with Gasteiger partial charge in [-0.15, -0.1) is 0 Å². The third-order valence-electron chi connectivity index (χ3n) is 5.30. The first-order valence-corrected chi connectivity index (χ1v) is 9.89. The summed E-state index contributed by atoms with van der Waals surface area (Å²) in [6.45, 7) is 13.7. The number of aromatic carboxylic acids is 1. The van der Waals surface area contributed by atoms with Crippen molar-refractivity contribution in [2.75, 3.05) is 6.61 Å². The number of nitrogens with zero attached hydrogens (tertiary/aromatic N) is 2. The van der Waals surface area contributed by atoms with Crippen molar-refractivity contribution in [3.63, 3.8) is 0 Å². The van der Waals surface area contributed by atoms with E-state index in [0.29, 0.717) is 18.3 Å². The Hall–Kier alpha value is -2.43. The molecule has 0 bridgehead atoms. The third-order valence-corrected chi connectivity index (χ3v) is 5.30. The summed E-state index contributed by atoms with van der Waals surface area (Å²) in [5.74, 6) is 1.11. The van der Waals surface area contributed by atoms with E-state index in [-0.39, 0.29) is 16.4 Å². The molecule has 1 aromatic heterocycles. The number of aryl methyl sites for hydroxylation is 1. The van der Waals surface area contributed by atoms with Crippen molar-refractivity contribution >= 4 is 5.97 Å². The molecule has 0 spiro atoms. The molecule has 1 fully saturated rings. The predicted octanol–water partition coefficient (Wildman–Crippen LogP) is 4.90. The molecule has 5 nitrogen and oxygen atoms in total. The van der Waals surface area contributed by atoms with Gasteiger partial charge in [0.2, 0.25) is 0 Å². The summed E-state index contributed by atoms with van der Waals surface area (Å²) in [6.07, 6.45) is 4.75. The molecule has 5 heteroatoms. The maximum atomic E-state index is 11.1. The Balaban J connectivity index is 2.05. The molecule has 0 amide bonds. The van der Waals surface area contributed by atoms with Crippen LogP contribution in [0.1, 0.15) is 80.3 Å². The van der Waals surface area contributed by atoms with Crippen LogP contribution < -0.4 is 4.74 Å². The highest BCUT2D eigenvalue weighted by Crippen LogP contribution is 2.54. The summed E-state index contributed by atoms with van der Waals surface area (Å²) in [6, 6.07) is 4.40. The standard InChI is InChI=1S/C23H30N2O3/c1-14(2)13-28-19-9-15(3)17(10-18(19)22(4,5)6)23(7-8-23)21-24-11-16(12-25-21)20(26)27/h9-12,14H,7-8,13H2,1-6H3,(H,26,27). The average molecular weight is 383 g/mol. The highest BCUT2D eigenvalue weighted by atomic mass is 16.5. The largest absolute Gasteiger partial charge is 0.493 e. The van der Waals surface area contributed by atoms with Gasteiger partial charge in [0.05, 0.1) is 17.6 Å². The van der Waals surface area contributed by atoms with E-state index in [1.54, 1.807) is 0 Å². The zero-order valence-electron chi connectivity index (χ0n) is 17.7. The van der Waals surface area contributed by atoms with Crippen LogP contribution in [0.4, 0.5) is 0 Å². The van der Waals surface area contributed by atoms with Gasteiger partial charge in [-0.2, -0.15) is 0 Å². The quantitative estimate of drug-likeness (QED) is 0.770. The van der Waals surface area contributed by atoms with Gasteiger partial charge < -0.3 is 9.84 Å². The number of carbonyl (C=O) groups is 1. The fourth-order valence-corrected chi connectivity index (χ4v) is 3.58. The molecule has 0 saturated heterocycles. The van der Waals surface area contributed by atoms with Gasteiger partial charge in [-0.25, -0.2) is 14.8 Å². The van der Waals surface area contributed by atoms with Crippen LogP contribution >= 0.6 is 0 Å². The zero-order valence-corrected chi connectivity index (χ0v) is 17.7. The van der Waals surface area contributed by atoms with Crippen molar-refractivity contribution < 1.29 is 14.6 Å². The summed E-state index contributed by atoms with van der Waals surface area (Å²) < 4.78 is 6.15. The second-order valence-corrected chi connectivity index (χ2v) is 9.30. The number of carboxylic acid groups (broad SMARTS) is 1. The Morgan fingerprint density at radius 1 is 1.21 bits per heavy atom. The molecule has 150 valence electrons. The van der Waals surface area contributed by atoms with Gasteiger partial charge in [0.1, 0.15) is 11.6 Å². The second-order valence-electron chi connectivity index (χ2n) is 9.30. The minimum Gasteiger partial charge on any atom is -0.493 e. The van der Waals surface area contributed by atoms with Gasteiger partial charge in [0.15, 0.2) is 0 Å². The Labute approximate surface area is 167 Å². The number of ether oxygens (including phenoxy) is 1. The smallest absolute Gasteiger partial charge is 0.338 e. The van der Waals surface area contributed by atoms with Crippen molar-refractivity contribution in [1.82, 2.24) is 9.97 Å². The van der Waals surface area contributed by atoms with Gasteiger partial charge in [0.25, 0.3) is 0 Å². The fraction of sp³-hybridized carbons (Fsp3) is 0.522. The van der Waals surface area contributed by atoms with Gasteiger partial charge >= 0.3 is 5.97 Å². The highest BCUT2D eigenvalue weighted by molar-refractivity contribution is 5.86. The number of aromatic nitrogens is 2. The fourth-order valence-electron chi connectivity index (χ4n) is 3.58. The Kier molecular flexibility index (Phi) is 5.22. The van der Waals surface area contributed by atoms with Crippen LogP contribution in [-0.4, -0.2) is 27.7 Å². The molecule has 1 saturated carbocycles. The van der Waals surface area contributed by atoms with Gasteiger partial charge in [-0.05, 0) is 53.9 Å². The molecule has 0 atom stereocenters. The molecule has 28 heavy (non-hydrogen) atoms. The summed E-state index contributed by atoms with van der Waals surface area (Å²) in [5.41, 5.74) is 3.40. The molecule has 2 aromatic rings.